The van der Waals surface area contributed by atoms with Gasteiger partial charge >= 0.3 is 0 Å². The fourth-order valence-corrected chi connectivity index (χ4v) is 4.11. The molecule has 0 radical (unpaired) electrons. The van der Waals surface area contributed by atoms with Crippen molar-refractivity contribution >= 4 is 27.5 Å². The van der Waals surface area contributed by atoms with Crippen LogP contribution in [0.25, 0.3) is 0 Å². The summed E-state index contributed by atoms with van der Waals surface area (Å²) in [6.45, 7) is 6.12. The van der Waals surface area contributed by atoms with Crippen LogP contribution in [0.4, 0.5) is 5.69 Å². The molecule has 1 heterocycles. The monoisotopic (exact) mass is 367 g/mol. The lowest BCUT2D eigenvalue weighted by Gasteiger charge is -2.34. The number of carbonyl (C=O) groups excluding carboxylic acids is 2. The molecule has 0 spiro atoms. The van der Waals surface area contributed by atoms with E-state index in [-0.39, 0.29) is 28.7 Å². The highest BCUT2D eigenvalue weighted by atomic mass is 32.2. The van der Waals surface area contributed by atoms with E-state index in [1.54, 1.807) is 17.0 Å². The van der Waals surface area contributed by atoms with Gasteiger partial charge in [0.15, 0.2) is 0 Å². The molecule has 7 nitrogen and oxygen atoms in total. The molecule has 8 heteroatoms. The summed E-state index contributed by atoms with van der Waals surface area (Å²) >= 11 is 0. The third-order valence-electron chi connectivity index (χ3n) is 4.03. The molecule has 1 saturated heterocycles. The number of piperidine rings is 1. The van der Waals surface area contributed by atoms with E-state index in [2.05, 4.69) is 10.0 Å². The number of amides is 2. The van der Waals surface area contributed by atoms with Crippen molar-refractivity contribution in [2.45, 2.75) is 44.6 Å². The Morgan fingerprint density at radius 1 is 1.20 bits per heavy atom. The van der Waals surface area contributed by atoms with Crippen LogP contribution in [0, 0.1) is 5.92 Å². The minimum absolute atomic E-state index is 0.0450. The topological polar surface area (TPSA) is 95.6 Å². The molecule has 1 aliphatic rings. The van der Waals surface area contributed by atoms with Gasteiger partial charge < -0.3 is 10.2 Å². The van der Waals surface area contributed by atoms with E-state index in [1.807, 2.05) is 13.8 Å². The highest BCUT2D eigenvalue weighted by Gasteiger charge is 2.28. The fraction of sp³-hybridized carbons (Fsp3) is 0.529. The van der Waals surface area contributed by atoms with Crippen LogP contribution in [-0.4, -0.2) is 44.3 Å². The minimum Gasteiger partial charge on any atom is -0.341 e. The third kappa shape index (κ3) is 5.27. The zero-order valence-corrected chi connectivity index (χ0v) is 15.6. The number of hydrogen-bond donors (Lipinski definition) is 2. The molecule has 1 aromatic rings. The first-order valence-electron chi connectivity index (χ1n) is 8.38. The zero-order chi connectivity index (χ0) is 18.6. The van der Waals surface area contributed by atoms with Gasteiger partial charge in [-0.1, -0.05) is 13.8 Å². The van der Waals surface area contributed by atoms with E-state index < -0.39 is 10.0 Å². The highest BCUT2D eigenvalue weighted by molar-refractivity contribution is 7.89. The van der Waals surface area contributed by atoms with Crippen molar-refractivity contribution < 1.29 is 18.0 Å². The minimum atomic E-state index is -3.68. The molecule has 2 amide bonds. The molecule has 0 aliphatic carbocycles. The molecule has 0 bridgehead atoms. The van der Waals surface area contributed by atoms with Gasteiger partial charge in [-0.15, -0.1) is 0 Å². The summed E-state index contributed by atoms with van der Waals surface area (Å²) in [5.74, 6) is -0.272. The molecule has 138 valence electrons. The number of nitrogens with zero attached hydrogens (tertiary/aromatic N) is 1. The van der Waals surface area contributed by atoms with Gasteiger partial charge in [0, 0.05) is 37.7 Å². The maximum absolute atomic E-state index is 12.5. The Kier molecular flexibility index (Phi) is 6.18. The van der Waals surface area contributed by atoms with Gasteiger partial charge in [0.25, 0.3) is 0 Å². The molecular formula is C17H25N3O4S. The van der Waals surface area contributed by atoms with Crippen LogP contribution in [0.15, 0.2) is 29.2 Å². The Bertz CT molecular complexity index is 729. The Morgan fingerprint density at radius 2 is 1.84 bits per heavy atom. The first-order valence-corrected chi connectivity index (χ1v) is 9.86. The normalized spacial score (nSPS) is 18.2. The van der Waals surface area contributed by atoms with E-state index in [0.717, 1.165) is 6.42 Å². The second kappa shape index (κ2) is 7.97. The van der Waals surface area contributed by atoms with Crippen molar-refractivity contribution in [1.29, 1.82) is 0 Å². The lowest BCUT2D eigenvalue weighted by Crippen LogP contribution is -2.50. The molecule has 2 N–H and O–H groups in total. The van der Waals surface area contributed by atoms with Crippen LogP contribution in [-0.2, 0) is 19.6 Å². The van der Waals surface area contributed by atoms with E-state index in [0.29, 0.717) is 25.2 Å². The summed E-state index contributed by atoms with van der Waals surface area (Å²) in [6.07, 6.45) is 1.47. The van der Waals surface area contributed by atoms with Gasteiger partial charge in [0.2, 0.25) is 21.8 Å². The van der Waals surface area contributed by atoms with Crippen LogP contribution in [0.2, 0.25) is 0 Å². The van der Waals surface area contributed by atoms with Gasteiger partial charge in [-0.05, 0) is 37.1 Å². The van der Waals surface area contributed by atoms with Gasteiger partial charge in [-0.3, -0.25) is 9.59 Å². The molecule has 0 saturated carbocycles. The number of hydrogen-bond acceptors (Lipinski definition) is 4. The summed E-state index contributed by atoms with van der Waals surface area (Å²) in [5.41, 5.74) is 0.540. The Hall–Kier alpha value is -1.93. The summed E-state index contributed by atoms with van der Waals surface area (Å²) in [6, 6.07) is 5.70. The number of sulfonamides is 1. The van der Waals surface area contributed by atoms with Crippen molar-refractivity contribution in [2.24, 2.45) is 5.92 Å². The molecule has 1 aliphatic heterocycles. The van der Waals surface area contributed by atoms with E-state index >= 15 is 0 Å². The summed E-state index contributed by atoms with van der Waals surface area (Å²) < 4.78 is 27.8. The van der Waals surface area contributed by atoms with Gasteiger partial charge in [0.05, 0.1) is 4.90 Å². The molecule has 2 rings (SSSR count). The largest absolute Gasteiger partial charge is 0.341 e. The van der Waals surface area contributed by atoms with Crippen molar-refractivity contribution in [3.63, 3.8) is 0 Å². The zero-order valence-electron chi connectivity index (χ0n) is 14.8. The highest BCUT2D eigenvalue weighted by Crippen LogP contribution is 2.18. The van der Waals surface area contributed by atoms with Crippen LogP contribution in [0.3, 0.4) is 0 Å². The summed E-state index contributed by atoms with van der Waals surface area (Å²) in [5, 5.41) is 2.60. The predicted octanol–water partition coefficient (Wildman–Crippen LogP) is 1.57. The lowest BCUT2D eigenvalue weighted by molar-refractivity contribution is -0.135. The second-order valence-corrected chi connectivity index (χ2v) is 8.32. The molecule has 1 aromatic carbocycles. The maximum Gasteiger partial charge on any atom is 0.240 e. The molecule has 1 atom stereocenters. The second-order valence-electron chi connectivity index (χ2n) is 6.60. The summed E-state index contributed by atoms with van der Waals surface area (Å²) in [4.78, 5) is 25.0. The Labute approximate surface area is 148 Å². The van der Waals surface area contributed by atoms with E-state index in [4.69, 9.17) is 0 Å². The number of carbonyl (C=O) groups is 2. The number of nitrogens with one attached hydrogen (secondary N) is 2. The van der Waals surface area contributed by atoms with Crippen LogP contribution >= 0.6 is 0 Å². The van der Waals surface area contributed by atoms with Crippen LogP contribution in [0.1, 0.15) is 33.6 Å². The van der Waals surface area contributed by atoms with E-state index in [1.165, 1.54) is 19.1 Å². The van der Waals surface area contributed by atoms with E-state index in [9.17, 15) is 18.0 Å². The lowest BCUT2D eigenvalue weighted by atomic mass is 10.0. The van der Waals surface area contributed by atoms with Crippen molar-refractivity contribution in [2.75, 3.05) is 18.4 Å². The first kappa shape index (κ1) is 19.4. The smallest absolute Gasteiger partial charge is 0.240 e. The quantitative estimate of drug-likeness (QED) is 0.826. The van der Waals surface area contributed by atoms with Crippen molar-refractivity contribution in [1.82, 2.24) is 9.62 Å². The molecule has 1 unspecified atom stereocenters. The molecule has 25 heavy (non-hydrogen) atoms. The third-order valence-corrected chi connectivity index (χ3v) is 5.57. The van der Waals surface area contributed by atoms with Gasteiger partial charge in [0.1, 0.15) is 0 Å². The maximum atomic E-state index is 12.5. The Morgan fingerprint density at radius 3 is 2.40 bits per heavy atom. The number of rotatable bonds is 5. The van der Waals surface area contributed by atoms with Gasteiger partial charge in [-0.2, -0.15) is 0 Å². The fourth-order valence-electron chi connectivity index (χ4n) is 2.85. The Balaban J connectivity index is 2.05. The number of benzene rings is 1. The average Bonchev–Trinajstić information content (AvgIpc) is 2.53. The molecule has 1 fully saturated rings. The van der Waals surface area contributed by atoms with Crippen molar-refractivity contribution in [3.8, 4) is 0 Å². The van der Waals surface area contributed by atoms with Crippen molar-refractivity contribution in [3.05, 3.63) is 24.3 Å². The predicted molar refractivity (Wildman–Crippen MR) is 95.5 cm³/mol. The average molecular weight is 367 g/mol. The molecule has 0 aromatic heterocycles. The summed E-state index contributed by atoms with van der Waals surface area (Å²) in [7, 11) is -3.68. The number of likely N-dealkylation sites (tertiary alicyclic amines) is 1. The van der Waals surface area contributed by atoms with Crippen LogP contribution < -0.4 is 10.0 Å². The SMILES string of the molecule is CC(=O)Nc1ccc(S(=O)(=O)NC2CCCN(C(=O)C(C)C)C2)cc1. The van der Waals surface area contributed by atoms with Crippen LogP contribution in [0.5, 0.6) is 0 Å². The first-order chi connectivity index (χ1) is 11.7. The number of anilines is 1. The molecular weight excluding hydrogens is 342 g/mol. The standard InChI is InChI=1S/C17H25N3O4S/c1-12(2)17(22)20-10-4-5-15(11-20)19-25(23,24)16-8-6-14(7-9-16)18-13(3)21/h6-9,12,15,19H,4-5,10-11H2,1-3H3,(H,18,21). The van der Waals surface area contributed by atoms with Gasteiger partial charge in [-0.25, -0.2) is 13.1 Å².